The van der Waals surface area contributed by atoms with Gasteiger partial charge in [-0.2, -0.15) is 0 Å². The van der Waals surface area contributed by atoms with Crippen molar-refractivity contribution < 1.29 is 9.59 Å². The van der Waals surface area contributed by atoms with E-state index in [1.165, 1.54) is 11.6 Å². The van der Waals surface area contributed by atoms with Gasteiger partial charge in [0.05, 0.1) is 0 Å². The first-order valence-electron chi connectivity index (χ1n) is 9.87. The number of anilines is 2. The molecule has 2 N–H and O–H groups in total. The predicted molar refractivity (Wildman–Crippen MR) is 124 cm³/mol. The maximum atomic E-state index is 12.5. The molecule has 3 aromatic carbocycles. The summed E-state index contributed by atoms with van der Waals surface area (Å²) in [4.78, 5) is 24.5. The first kappa shape index (κ1) is 21.1. The predicted octanol–water partition coefficient (Wildman–Crippen LogP) is 5.89. The number of hydrogen-bond acceptors (Lipinski definition) is 2. The Kier molecular flexibility index (Phi) is 6.48. The number of hydrogen-bond donors (Lipinski definition) is 2. The third kappa shape index (κ3) is 5.92. The average molecular weight is 399 g/mol. The molecular formula is C26H26N2O2. The highest BCUT2D eigenvalue weighted by molar-refractivity contribution is 6.05. The maximum absolute atomic E-state index is 12.5. The summed E-state index contributed by atoms with van der Waals surface area (Å²) in [7, 11) is 0. The topological polar surface area (TPSA) is 58.2 Å². The molecular weight excluding hydrogens is 372 g/mol. The number of carbonyl (C=O) groups excluding carboxylic acids is 2. The van der Waals surface area contributed by atoms with Crippen LogP contribution in [0.15, 0.2) is 84.9 Å². The van der Waals surface area contributed by atoms with Crippen LogP contribution in [0, 0.1) is 0 Å². The molecule has 0 bridgehead atoms. The van der Waals surface area contributed by atoms with Crippen LogP contribution in [0.5, 0.6) is 0 Å². The van der Waals surface area contributed by atoms with E-state index in [-0.39, 0.29) is 17.2 Å². The molecule has 0 saturated carbocycles. The van der Waals surface area contributed by atoms with E-state index in [4.69, 9.17) is 0 Å². The monoisotopic (exact) mass is 398 g/mol. The molecule has 0 fully saturated rings. The van der Waals surface area contributed by atoms with Crippen molar-refractivity contribution in [3.63, 3.8) is 0 Å². The Labute approximate surface area is 177 Å². The van der Waals surface area contributed by atoms with Crippen LogP contribution in [-0.4, -0.2) is 11.8 Å². The van der Waals surface area contributed by atoms with E-state index in [1.807, 2.05) is 54.6 Å². The number of benzene rings is 3. The summed E-state index contributed by atoms with van der Waals surface area (Å²) in [6.07, 6.45) is 3.25. The normalized spacial score (nSPS) is 11.3. The highest BCUT2D eigenvalue weighted by Gasteiger charge is 2.14. The smallest absolute Gasteiger partial charge is 0.255 e. The SMILES string of the molecule is CC(C)(C)c1ccc(C(=O)Nc2ccc(NC(=O)/C=C\c3ccccc3)cc2)cc1. The summed E-state index contributed by atoms with van der Waals surface area (Å²) >= 11 is 0. The molecule has 2 amide bonds. The van der Waals surface area contributed by atoms with Gasteiger partial charge in [0.2, 0.25) is 5.91 Å². The Morgan fingerprint density at radius 3 is 1.87 bits per heavy atom. The van der Waals surface area contributed by atoms with E-state index in [2.05, 4.69) is 31.4 Å². The lowest BCUT2D eigenvalue weighted by Gasteiger charge is -2.19. The molecule has 0 saturated heterocycles. The van der Waals surface area contributed by atoms with Gasteiger partial charge in [0, 0.05) is 23.0 Å². The van der Waals surface area contributed by atoms with Gasteiger partial charge in [0.15, 0.2) is 0 Å². The zero-order valence-corrected chi connectivity index (χ0v) is 17.5. The number of amides is 2. The van der Waals surface area contributed by atoms with Crippen LogP contribution in [0.4, 0.5) is 11.4 Å². The molecule has 0 aliphatic carbocycles. The molecule has 0 heterocycles. The molecule has 0 aliphatic rings. The highest BCUT2D eigenvalue weighted by atomic mass is 16.2. The summed E-state index contributed by atoms with van der Waals surface area (Å²) < 4.78 is 0. The second kappa shape index (κ2) is 9.23. The van der Waals surface area contributed by atoms with E-state index in [0.29, 0.717) is 16.9 Å². The molecule has 0 aromatic heterocycles. The molecule has 152 valence electrons. The van der Waals surface area contributed by atoms with Crippen molar-refractivity contribution in [2.75, 3.05) is 10.6 Å². The number of rotatable bonds is 5. The third-order valence-electron chi connectivity index (χ3n) is 4.65. The minimum atomic E-state index is -0.213. The summed E-state index contributed by atoms with van der Waals surface area (Å²) in [6.45, 7) is 6.42. The van der Waals surface area contributed by atoms with Crippen LogP contribution >= 0.6 is 0 Å². The second-order valence-corrected chi connectivity index (χ2v) is 8.09. The molecule has 0 atom stereocenters. The fourth-order valence-corrected chi connectivity index (χ4v) is 2.88. The van der Waals surface area contributed by atoms with Gasteiger partial charge in [-0.3, -0.25) is 9.59 Å². The molecule has 0 unspecified atom stereocenters. The molecule has 4 nitrogen and oxygen atoms in total. The van der Waals surface area contributed by atoms with Crippen LogP contribution in [-0.2, 0) is 10.2 Å². The summed E-state index contributed by atoms with van der Waals surface area (Å²) in [5.74, 6) is -0.382. The Hall–Kier alpha value is -3.66. The van der Waals surface area contributed by atoms with E-state index in [0.717, 1.165) is 5.56 Å². The fraction of sp³-hybridized carbons (Fsp3) is 0.154. The average Bonchev–Trinajstić information content (AvgIpc) is 2.74. The Bertz CT molecular complexity index is 1030. The maximum Gasteiger partial charge on any atom is 0.255 e. The lowest BCUT2D eigenvalue weighted by atomic mass is 9.87. The van der Waals surface area contributed by atoms with Crippen LogP contribution in [0.3, 0.4) is 0 Å². The first-order chi connectivity index (χ1) is 14.3. The Morgan fingerprint density at radius 2 is 1.30 bits per heavy atom. The van der Waals surface area contributed by atoms with Crippen molar-refractivity contribution in [2.24, 2.45) is 0 Å². The van der Waals surface area contributed by atoms with Crippen molar-refractivity contribution in [1.82, 2.24) is 0 Å². The van der Waals surface area contributed by atoms with Crippen LogP contribution in [0.2, 0.25) is 0 Å². The van der Waals surface area contributed by atoms with Gasteiger partial charge in [-0.15, -0.1) is 0 Å². The third-order valence-corrected chi connectivity index (χ3v) is 4.65. The lowest BCUT2D eigenvalue weighted by molar-refractivity contribution is -0.111. The van der Waals surface area contributed by atoms with Gasteiger partial charge >= 0.3 is 0 Å². The molecule has 0 aliphatic heterocycles. The van der Waals surface area contributed by atoms with Gasteiger partial charge in [-0.05, 0) is 59.0 Å². The lowest BCUT2D eigenvalue weighted by Crippen LogP contribution is -2.14. The molecule has 30 heavy (non-hydrogen) atoms. The Morgan fingerprint density at radius 1 is 0.733 bits per heavy atom. The van der Waals surface area contributed by atoms with Crippen LogP contribution < -0.4 is 10.6 Å². The van der Waals surface area contributed by atoms with Crippen molar-refractivity contribution in [3.8, 4) is 0 Å². The molecule has 0 radical (unpaired) electrons. The van der Waals surface area contributed by atoms with Gasteiger partial charge in [-0.25, -0.2) is 0 Å². The van der Waals surface area contributed by atoms with Crippen LogP contribution in [0.25, 0.3) is 6.08 Å². The van der Waals surface area contributed by atoms with Crippen molar-refractivity contribution in [1.29, 1.82) is 0 Å². The standard InChI is InChI=1S/C26H26N2O2/c1-26(2,3)21-12-10-20(11-13-21)25(30)28-23-16-14-22(15-17-23)27-24(29)18-9-19-7-5-4-6-8-19/h4-18H,1-3H3,(H,27,29)(H,28,30)/b18-9-. The van der Waals surface area contributed by atoms with E-state index in [9.17, 15) is 9.59 Å². The summed E-state index contributed by atoms with van der Waals surface area (Å²) in [6, 6.07) is 24.3. The van der Waals surface area contributed by atoms with Crippen LogP contribution in [0.1, 0.15) is 42.3 Å². The fourth-order valence-electron chi connectivity index (χ4n) is 2.88. The molecule has 4 heteroatoms. The minimum absolute atomic E-state index is 0.0472. The highest BCUT2D eigenvalue weighted by Crippen LogP contribution is 2.22. The van der Waals surface area contributed by atoms with E-state index < -0.39 is 0 Å². The second-order valence-electron chi connectivity index (χ2n) is 8.09. The van der Waals surface area contributed by atoms with Crippen molar-refractivity contribution >= 4 is 29.3 Å². The van der Waals surface area contributed by atoms with E-state index >= 15 is 0 Å². The molecule has 3 aromatic rings. The molecule has 3 rings (SSSR count). The van der Waals surface area contributed by atoms with Gasteiger partial charge in [0.25, 0.3) is 5.91 Å². The van der Waals surface area contributed by atoms with Crippen molar-refractivity contribution in [2.45, 2.75) is 26.2 Å². The quantitative estimate of drug-likeness (QED) is 0.527. The van der Waals surface area contributed by atoms with E-state index in [1.54, 1.807) is 30.3 Å². The number of carbonyl (C=O) groups is 2. The zero-order valence-electron chi connectivity index (χ0n) is 17.5. The zero-order chi connectivity index (χ0) is 21.6. The van der Waals surface area contributed by atoms with Crippen molar-refractivity contribution in [3.05, 3.63) is 102 Å². The summed E-state index contributed by atoms with van der Waals surface area (Å²) in [5, 5.41) is 5.68. The first-order valence-corrected chi connectivity index (χ1v) is 9.87. The minimum Gasteiger partial charge on any atom is -0.323 e. The Balaban J connectivity index is 1.57. The summed E-state index contributed by atoms with van der Waals surface area (Å²) in [5.41, 5.74) is 4.11. The number of nitrogens with one attached hydrogen (secondary N) is 2. The van der Waals surface area contributed by atoms with Gasteiger partial charge in [-0.1, -0.05) is 63.2 Å². The molecule has 0 spiro atoms. The van der Waals surface area contributed by atoms with Gasteiger partial charge in [0.1, 0.15) is 0 Å². The largest absolute Gasteiger partial charge is 0.323 e. The van der Waals surface area contributed by atoms with Gasteiger partial charge < -0.3 is 10.6 Å².